The topological polar surface area (TPSA) is 64.4 Å². The summed E-state index contributed by atoms with van der Waals surface area (Å²) in [5, 5.41) is 10.1. The van der Waals surface area contributed by atoms with Gasteiger partial charge in [-0.3, -0.25) is 4.90 Å². The molecular formula is C18H17ClFN3O2S. The van der Waals surface area contributed by atoms with Gasteiger partial charge in [0.25, 0.3) is 0 Å². The van der Waals surface area contributed by atoms with E-state index in [1.54, 1.807) is 24.3 Å². The average Bonchev–Trinajstić information content (AvgIpc) is 2.65. The molecule has 2 aromatic carbocycles. The van der Waals surface area contributed by atoms with Crippen molar-refractivity contribution >= 4 is 21.6 Å². The minimum absolute atomic E-state index is 0.0712. The Hall–Kier alpha value is -1.98. The molecule has 1 aliphatic heterocycles. The number of hydrogen-bond acceptors (Lipinski definition) is 4. The molecule has 3 rings (SSSR count). The van der Waals surface area contributed by atoms with Gasteiger partial charge >= 0.3 is 0 Å². The molecule has 1 aliphatic rings. The Labute approximate surface area is 157 Å². The van der Waals surface area contributed by atoms with Crippen molar-refractivity contribution in [3.05, 3.63) is 64.9 Å². The quantitative estimate of drug-likeness (QED) is 0.800. The number of nitriles is 1. The molecule has 0 bridgehead atoms. The minimum atomic E-state index is -3.67. The molecule has 8 heteroatoms. The summed E-state index contributed by atoms with van der Waals surface area (Å²) in [6, 6.07) is 13.7. The first-order valence-corrected chi connectivity index (χ1v) is 9.88. The standard InChI is InChI=1S/C18H17ClFN3O2S/c19-15-3-1-14(2-4-15)18(13-21)22-9-11-23(12-10-22)26(24,25)17-7-5-16(20)6-8-17/h1-8,18H,9-12H2. The molecule has 0 N–H and O–H groups in total. The Morgan fingerprint density at radius 3 is 2.12 bits per heavy atom. The van der Waals surface area contributed by atoms with E-state index in [-0.39, 0.29) is 18.0 Å². The van der Waals surface area contributed by atoms with Gasteiger partial charge in [-0.2, -0.15) is 9.57 Å². The molecule has 1 saturated heterocycles. The number of piperazine rings is 1. The number of sulfonamides is 1. The number of halogens is 2. The van der Waals surface area contributed by atoms with Crippen molar-refractivity contribution in [1.82, 2.24) is 9.21 Å². The lowest BCUT2D eigenvalue weighted by molar-refractivity contribution is 0.162. The summed E-state index contributed by atoms with van der Waals surface area (Å²) in [7, 11) is -3.67. The van der Waals surface area contributed by atoms with Crippen LogP contribution in [-0.2, 0) is 10.0 Å². The monoisotopic (exact) mass is 393 g/mol. The van der Waals surface area contributed by atoms with Crippen LogP contribution < -0.4 is 0 Å². The Balaban J connectivity index is 1.71. The van der Waals surface area contributed by atoms with Crippen molar-refractivity contribution in [3.63, 3.8) is 0 Å². The third-order valence-electron chi connectivity index (χ3n) is 4.40. The van der Waals surface area contributed by atoms with Crippen LogP contribution in [0.2, 0.25) is 5.02 Å². The Bertz CT molecular complexity index is 903. The highest BCUT2D eigenvalue weighted by atomic mass is 35.5. The Kier molecular flexibility index (Phi) is 5.58. The second-order valence-corrected chi connectivity index (χ2v) is 8.35. The smallest absolute Gasteiger partial charge is 0.243 e. The van der Waals surface area contributed by atoms with Crippen LogP contribution in [0.3, 0.4) is 0 Å². The number of rotatable bonds is 4. The molecule has 2 aromatic rings. The van der Waals surface area contributed by atoms with E-state index in [2.05, 4.69) is 6.07 Å². The van der Waals surface area contributed by atoms with E-state index in [9.17, 15) is 18.1 Å². The van der Waals surface area contributed by atoms with Crippen LogP contribution in [0.1, 0.15) is 11.6 Å². The lowest BCUT2D eigenvalue weighted by Crippen LogP contribution is -2.49. The highest BCUT2D eigenvalue weighted by molar-refractivity contribution is 7.89. The first kappa shape index (κ1) is 18.8. The molecular weight excluding hydrogens is 377 g/mol. The molecule has 1 atom stereocenters. The molecule has 0 radical (unpaired) electrons. The van der Waals surface area contributed by atoms with Crippen LogP contribution in [-0.4, -0.2) is 43.8 Å². The minimum Gasteiger partial charge on any atom is -0.282 e. The summed E-state index contributed by atoms with van der Waals surface area (Å²) >= 11 is 5.89. The first-order chi connectivity index (χ1) is 12.4. The zero-order chi connectivity index (χ0) is 18.7. The molecule has 136 valence electrons. The molecule has 0 aliphatic carbocycles. The molecule has 0 spiro atoms. The van der Waals surface area contributed by atoms with Gasteiger partial charge in [-0.1, -0.05) is 23.7 Å². The normalized spacial score (nSPS) is 17.6. The van der Waals surface area contributed by atoms with Gasteiger partial charge in [-0.15, -0.1) is 0 Å². The van der Waals surface area contributed by atoms with Crippen molar-refractivity contribution < 1.29 is 12.8 Å². The third kappa shape index (κ3) is 3.89. The SMILES string of the molecule is N#CC(c1ccc(Cl)cc1)N1CCN(S(=O)(=O)c2ccc(F)cc2)CC1. The van der Waals surface area contributed by atoms with Crippen molar-refractivity contribution in [2.45, 2.75) is 10.9 Å². The van der Waals surface area contributed by atoms with E-state index in [0.29, 0.717) is 18.1 Å². The van der Waals surface area contributed by atoms with Crippen LogP contribution in [0.5, 0.6) is 0 Å². The highest BCUT2D eigenvalue weighted by Gasteiger charge is 2.31. The molecule has 26 heavy (non-hydrogen) atoms. The maximum atomic E-state index is 13.0. The van der Waals surface area contributed by atoms with Gasteiger partial charge in [0.05, 0.1) is 11.0 Å². The summed E-state index contributed by atoms with van der Waals surface area (Å²) in [6.45, 7) is 1.40. The molecule has 1 heterocycles. The summed E-state index contributed by atoms with van der Waals surface area (Å²) < 4.78 is 39.7. The molecule has 0 aromatic heterocycles. The van der Waals surface area contributed by atoms with Crippen LogP contribution in [0, 0.1) is 17.1 Å². The fourth-order valence-electron chi connectivity index (χ4n) is 2.97. The predicted octanol–water partition coefficient (Wildman–Crippen LogP) is 3.05. The Morgan fingerprint density at radius 2 is 1.58 bits per heavy atom. The van der Waals surface area contributed by atoms with Crippen LogP contribution >= 0.6 is 11.6 Å². The lowest BCUT2D eigenvalue weighted by Gasteiger charge is -2.36. The van der Waals surface area contributed by atoms with E-state index in [1.165, 1.54) is 16.4 Å². The Morgan fingerprint density at radius 1 is 1.00 bits per heavy atom. The van der Waals surface area contributed by atoms with Crippen molar-refractivity contribution in [2.75, 3.05) is 26.2 Å². The summed E-state index contributed by atoms with van der Waals surface area (Å²) in [5.41, 5.74) is 0.826. The molecule has 0 saturated carbocycles. The summed E-state index contributed by atoms with van der Waals surface area (Å²) in [4.78, 5) is 2.02. The van der Waals surface area contributed by atoms with E-state index >= 15 is 0 Å². The van der Waals surface area contributed by atoms with Gasteiger partial charge in [0, 0.05) is 31.2 Å². The average molecular weight is 394 g/mol. The molecule has 5 nitrogen and oxygen atoms in total. The fraction of sp³-hybridized carbons (Fsp3) is 0.278. The molecule has 0 amide bonds. The van der Waals surface area contributed by atoms with Crippen LogP contribution in [0.4, 0.5) is 4.39 Å². The zero-order valence-electron chi connectivity index (χ0n) is 13.8. The van der Waals surface area contributed by atoms with Crippen LogP contribution in [0.15, 0.2) is 53.4 Å². The second kappa shape index (κ2) is 7.72. The third-order valence-corrected chi connectivity index (χ3v) is 6.56. The number of nitrogens with zero attached hydrogens (tertiary/aromatic N) is 3. The number of benzene rings is 2. The number of hydrogen-bond donors (Lipinski definition) is 0. The van der Waals surface area contributed by atoms with Crippen molar-refractivity contribution in [3.8, 4) is 6.07 Å². The zero-order valence-corrected chi connectivity index (χ0v) is 15.4. The predicted molar refractivity (Wildman–Crippen MR) is 96.5 cm³/mol. The van der Waals surface area contributed by atoms with Gasteiger partial charge in [-0.25, -0.2) is 12.8 Å². The van der Waals surface area contributed by atoms with Gasteiger partial charge < -0.3 is 0 Å². The van der Waals surface area contributed by atoms with E-state index < -0.39 is 21.9 Å². The maximum Gasteiger partial charge on any atom is 0.243 e. The fourth-order valence-corrected chi connectivity index (χ4v) is 4.52. The van der Waals surface area contributed by atoms with Crippen molar-refractivity contribution in [1.29, 1.82) is 5.26 Å². The largest absolute Gasteiger partial charge is 0.282 e. The first-order valence-electron chi connectivity index (χ1n) is 8.06. The molecule has 1 fully saturated rings. The summed E-state index contributed by atoms with van der Waals surface area (Å²) in [6.07, 6.45) is 0. The van der Waals surface area contributed by atoms with Gasteiger partial charge in [0.1, 0.15) is 11.9 Å². The van der Waals surface area contributed by atoms with E-state index in [4.69, 9.17) is 11.6 Å². The van der Waals surface area contributed by atoms with Crippen LogP contribution in [0.25, 0.3) is 0 Å². The lowest BCUT2D eigenvalue weighted by atomic mass is 10.1. The van der Waals surface area contributed by atoms with E-state index in [1.807, 2.05) is 4.90 Å². The maximum absolute atomic E-state index is 13.0. The van der Waals surface area contributed by atoms with Gasteiger partial charge in [-0.05, 0) is 42.0 Å². The summed E-state index contributed by atoms with van der Waals surface area (Å²) in [5.74, 6) is -0.478. The van der Waals surface area contributed by atoms with Crippen molar-refractivity contribution in [2.24, 2.45) is 0 Å². The van der Waals surface area contributed by atoms with E-state index in [0.717, 1.165) is 17.7 Å². The highest BCUT2D eigenvalue weighted by Crippen LogP contribution is 2.25. The van der Waals surface area contributed by atoms with Gasteiger partial charge in [0.2, 0.25) is 10.0 Å². The van der Waals surface area contributed by atoms with Gasteiger partial charge in [0.15, 0.2) is 0 Å². The molecule has 1 unspecified atom stereocenters. The second-order valence-electron chi connectivity index (χ2n) is 5.98.